The maximum absolute atomic E-state index is 12.3. The highest BCUT2D eigenvalue weighted by Crippen LogP contribution is 2.30. The van der Waals surface area contributed by atoms with E-state index in [0.717, 1.165) is 5.75 Å². The van der Waals surface area contributed by atoms with Crippen LogP contribution in [0.25, 0.3) is 0 Å². The average molecular weight is 269 g/mol. The number of amides is 1. The van der Waals surface area contributed by atoms with E-state index in [1.54, 1.807) is 41.9 Å². The SMILES string of the molecule is COc1cccc(C(=O)N(C)C(C)CSC)c1O. The fourth-order valence-electron chi connectivity index (χ4n) is 1.60. The number of phenols is 1. The van der Waals surface area contributed by atoms with Gasteiger partial charge in [0.2, 0.25) is 0 Å². The van der Waals surface area contributed by atoms with Crippen molar-refractivity contribution in [2.75, 3.05) is 26.2 Å². The van der Waals surface area contributed by atoms with Crippen molar-refractivity contribution in [2.24, 2.45) is 0 Å². The molecule has 0 bridgehead atoms. The molecule has 18 heavy (non-hydrogen) atoms. The quantitative estimate of drug-likeness (QED) is 0.890. The Balaban J connectivity index is 2.97. The van der Waals surface area contributed by atoms with Gasteiger partial charge in [-0.2, -0.15) is 11.8 Å². The Morgan fingerprint density at radius 1 is 1.56 bits per heavy atom. The van der Waals surface area contributed by atoms with Gasteiger partial charge in [0.25, 0.3) is 5.91 Å². The van der Waals surface area contributed by atoms with Gasteiger partial charge in [-0.25, -0.2) is 0 Å². The lowest BCUT2D eigenvalue weighted by Gasteiger charge is -2.24. The van der Waals surface area contributed by atoms with Crippen molar-refractivity contribution in [3.05, 3.63) is 23.8 Å². The van der Waals surface area contributed by atoms with E-state index in [9.17, 15) is 9.90 Å². The van der Waals surface area contributed by atoms with Crippen molar-refractivity contribution < 1.29 is 14.6 Å². The van der Waals surface area contributed by atoms with E-state index in [-0.39, 0.29) is 23.3 Å². The second kappa shape index (κ2) is 6.54. The molecule has 0 heterocycles. The lowest BCUT2D eigenvalue weighted by atomic mass is 10.1. The molecule has 5 heteroatoms. The maximum atomic E-state index is 12.3. The first-order valence-electron chi connectivity index (χ1n) is 5.65. The highest BCUT2D eigenvalue weighted by Gasteiger charge is 2.21. The van der Waals surface area contributed by atoms with Crippen molar-refractivity contribution in [3.63, 3.8) is 0 Å². The number of methoxy groups -OCH3 is 1. The zero-order valence-electron chi connectivity index (χ0n) is 11.1. The van der Waals surface area contributed by atoms with Crippen LogP contribution in [0.15, 0.2) is 18.2 Å². The normalized spacial score (nSPS) is 12.0. The molecule has 0 fully saturated rings. The van der Waals surface area contributed by atoms with Crippen LogP contribution in [0.4, 0.5) is 0 Å². The zero-order chi connectivity index (χ0) is 13.7. The molecule has 100 valence electrons. The van der Waals surface area contributed by atoms with Gasteiger partial charge >= 0.3 is 0 Å². The molecule has 1 unspecified atom stereocenters. The number of nitrogens with zero attached hydrogens (tertiary/aromatic N) is 1. The molecule has 0 saturated carbocycles. The predicted molar refractivity (Wildman–Crippen MR) is 74.6 cm³/mol. The van der Waals surface area contributed by atoms with Crippen LogP contribution in [0, 0.1) is 0 Å². The molecule has 1 rings (SSSR count). The Kier molecular flexibility index (Phi) is 5.34. The molecule has 0 aliphatic rings. The third-order valence-electron chi connectivity index (χ3n) is 2.84. The number of para-hydroxylation sites is 1. The molecule has 0 saturated heterocycles. The summed E-state index contributed by atoms with van der Waals surface area (Å²) in [6, 6.07) is 5.02. The van der Waals surface area contributed by atoms with Gasteiger partial charge in [0.05, 0.1) is 12.7 Å². The monoisotopic (exact) mass is 269 g/mol. The average Bonchev–Trinajstić information content (AvgIpc) is 2.37. The molecule has 0 aromatic heterocycles. The summed E-state index contributed by atoms with van der Waals surface area (Å²) in [4.78, 5) is 13.9. The lowest BCUT2D eigenvalue weighted by molar-refractivity contribution is 0.0754. The number of carbonyl (C=O) groups excluding carboxylic acids is 1. The van der Waals surface area contributed by atoms with E-state index < -0.39 is 0 Å². The second-order valence-corrected chi connectivity index (χ2v) is 4.99. The summed E-state index contributed by atoms with van der Waals surface area (Å²) < 4.78 is 5.00. The van der Waals surface area contributed by atoms with Gasteiger partial charge in [-0.1, -0.05) is 6.07 Å². The minimum Gasteiger partial charge on any atom is -0.504 e. The molecular formula is C13H19NO3S. The van der Waals surface area contributed by atoms with E-state index in [2.05, 4.69) is 0 Å². The number of phenolic OH excluding ortho intramolecular Hbond substituents is 1. The van der Waals surface area contributed by atoms with E-state index in [1.165, 1.54) is 7.11 Å². The standard InChI is InChI=1S/C13H19NO3S/c1-9(8-18-4)14(2)13(16)10-6-5-7-11(17-3)12(10)15/h5-7,9,15H,8H2,1-4H3. The minimum atomic E-state index is -0.201. The number of carbonyl (C=O) groups is 1. The summed E-state index contributed by atoms with van der Waals surface area (Å²) in [7, 11) is 3.20. The van der Waals surface area contributed by atoms with Gasteiger partial charge in [-0.15, -0.1) is 0 Å². The summed E-state index contributed by atoms with van der Waals surface area (Å²) in [5, 5.41) is 9.94. The van der Waals surface area contributed by atoms with E-state index >= 15 is 0 Å². The van der Waals surface area contributed by atoms with Crippen LogP contribution in [0.5, 0.6) is 11.5 Å². The van der Waals surface area contributed by atoms with Crippen molar-refractivity contribution in [2.45, 2.75) is 13.0 Å². The van der Waals surface area contributed by atoms with Crippen LogP contribution >= 0.6 is 11.8 Å². The number of hydrogen-bond donors (Lipinski definition) is 1. The summed E-state index contributed by atoms with van der Waals surface area (Å²) in [6.45, 7) is 1.98. The fraction of sp³-hybridized carbons (Fsp3) is 0.462. The number of thioether (sulfide) groups is 1. The summed E-state index contributed by atoms with van der Waals surface area (Å²) in [5.41, 5.74) is 0.268. The van der Waals surface area contributed by atoms with Crippen LogP contribution in [-0.2, 0) is 0 Å². The topological polar surface area (TPSA) is 49.8 Å². The molecule has 1 aromatic carbocycles. The largest absolute Gasteiger partial charge is 0.504 e. The molecule has 0 aliphatic heterocycles. The predicted octanol–water partition coefficient (Wildman–Crippen LogP) is 2.22. The van der Waals surface area contributed by atoms with Gasteiger partial charge in [0.15, 0.2) is 11.5 Å². The first kappa shape index (κ1) is 14.7. The molecule has 1 atom stereocenters. The molecule has 1 amide bonds. The summed E-state index contributed by atoms with van der Waals surface area (Å²) in [5.74, 6) is 0.861. The van der Waals surface area contributed by atoms with Gasteiger partial charge in [-0.3, -0.25) is 4.79 Å². The smallest absolute Gasteiger partial charge is 0.257 e. The number of aromatic hydroxyl groups is 1. The molecular weight excluding hydrogens is 250 g/mol. The highest BCUT2D eigenvalue weighted by molar-refractivity contribution is 7.98. The van der Waals surface area contributed by atoms with Gasteiger partial charge in [0.1, 0.15) is 0 Å². The Bertz CT molecular complexity index is 423. The molecule has 1 aromatic rings. The Morgan fingerprint density at radius 2 is 2.22 bits per heavy atom. The van der Waals surface area contributed by atoms with Gasteiger partial charge in [0, 0.05) is 18.8 Å². The van der Waals surface area contributed by atoms with Crippen LogP contribution in [0.1, 0.15) is 17.3 Å². The fourth-order valence-corrected chi connectivity index (χ4v) is 2.31. The Morgan fingerprint density at radius 3 is 2.78 bits per heavy atom. The van der Waals surface area contributed by atoms with Crippen LogP contribution < -0.4 is 4.74 Å². The molecule has 0 spiro atoms. The molecule has 0 radical (unpaired) electrons. The zero-order valence-corrected chi connectivity index (χ0v) is 12.0. The number of rotatable bonds is 5. The van der Waals surface area contributed by atoms with Crippen LogP contribution in [0.2, 0.25) is 0 Å². The maximum Gasteiger partial charge on any atom is 0.257 e. The van der Waals surface area contributed by atoms with Gasteiger partial charge in [-0.05, 0) is 25.3 Å². The Labute approximate surface area is 112 Å². The first-order valence-corrected chi connectivity index (χ1v) is 7.04. The lowest BCUT2D eigenvalue weighted by Crippen LogP contribution is -2.36. The molecule has 4 nitrogen and oxygen atoms in total. The Hall–Kier alpha value is -1.36. The number of hydrogen-bond acceptors (Lipinski definition) is 4. The second-order valence-electron chi connectivity index (χ2n) is 4.08. The number of benzene rings is 1. The van der Waals surface area contributed by atoms with E-state index in [4.69, 9.17) is 4.74 Å². The first-order chi connectivity index (χ1) is 8.52. The summed E-state index contributed by atoms with van der Waals surface area (Å²) >= 11 is 1.68. The van der Waals surface area contributed by atoms with Crippen LogP contribution in [0.3, 0.4) is 0 Å². The van der Waals surface area contributed by atoms with Crippen molar-refractivity contribution in [1.82, 2.24) is 4.90 Å². The van der Waals surface area contributed by atoms with Crippen LogP contribution in [-0.4, -0.2) is 48.1 Å². The van der Waals surface area contributed by atoms with Crippen molar-refractivity contribution in [1.29, 1.82) is 0 Å². The number of ether oxygens (including phenoxy) is 1. The third kappa shape index (κ3) is 3.10. The van der Waals surface area contributed by atoms with Gasteiger partial charge < -0.3 is 14.7 Å². The van der Waals surface area contributed by atoms with E-state index in [0.29, 0.717) is 5.75 Å². The van der Waals surface area contributed by atoms with E-state index in [1.807, 2.05) is 13.2 Å². The minimum absolute atomic E-state index is 0.104. The molecule has 1 N–H and O–H groups in total. The summed E-state index contributed by atoms with van der Waals surface area (Å²) in [6.07, 6.45) is 2.00. The van der Waals surface area contributed by atoms with Crippen molar-refractivity contribution >= 4 is 17.7 Å². The third-order valence-corrected chi connectivity index (χ3v) is 3.65. The van der Waals surface area contributed by atoms with Crippen molar-refractivity contribution in [3.8, 4) is 11.5 Å². The highest BCUT2D eigenvalue weighted by atomic mass is 32.2. The molecule has 0 aliphatic carbocycles.